The van der Waals surface area contributed by atoms with Gasteiger partial charge in [0.15, 0.2) is 0 Å². The Hall–Kier alpha value is -2.44. The van der Waals surface area contributed by atoms with Crippen molar-refractivity contribution < 1.29 is 24.6 Å². The zero-order chi connectivity index (χ0) is 21.6. The lowest BCUT2D eigenvalue weighted by molar-refractivity contribution is 0.373. The van der Waals surface area contributed by atoms with E-state index < -0.39 is 7.60 Å². The molecule has 3 aromatic carbocycles. The van der Waals surface area contributed by atoms with Crippen LogP contribution in [0.1, 0.15) is 16.7 Å². The van der Waals surface area contributed by atoms with Crippen molar-refractivity contribution in [2.24, 2.45) is 0 Å². The number of aryl methyl sites for hydroxylation is 3. The predicted molar refractivity (Wildman–Crippen MR) is 119 cm³/mol. The summed E-state index contributed by atoms with van der Waals surface area (Å²) in [5, 5.41) is 21.4. The minimum absolute atomic E-state index is 0.187. The normalized spacial score (nSPS) is 13.1. The molecule has 0 aromatic heterocycles. The first-order valence-electron chi connectivity index (χ1n) is 9.42. The minimum atomic E-state index is -4.05. The molecule has 0 radical (unpaired) electrons. The fourth-order valence-electron chi connectivity index (χ4n) is 3.47. The topological polar surface area (TPSA) is 101 Å². The van der Waals surface area contributed by atoms with E-state index in [1.165, 1.54) is 11.8 Å². The standard InChI is InChI=1S/C22H22NO5PS/c1-13-3-9-17-21(19(13)24)30-22-18(10-4-14(2)20(22)25)23(17)16-7-5-15(6-8-16)11-12-29(26,27)28/h3-10,24-25H,11-12H2,1-2H3,(H2,26,27,28). The predicted octanol–water partition coefficient (Wildman–Crippen LogP) is 5.37. The van der Waals surface area contributed by atoms with E-state index >= 15 is 0 Å². The van der Waals surface area contributed by atoms with Gasteiger partial charge in [-0.1, -0.05) is 36.0 Å². The van der Waals surface area contributed by atoms with Crippen molar-refractivity contribution in [3.05, 3.63) is 65.2 Å². The number of phenolic OH excluding ortho intramolecular Hbond substituents is 2. The molecule has 0 spiro atoms. The Kier molecular flexibility index (Phi) is 5.32. The monoisotopic (exact) mass is 443 g/mol. The van der Waals surface area contributed by atoms with Gasteiger partial charge in [0.2, 0.25) is 0 Å². The molecular weight excluding hydrogens is 421 g/mol. The van der Waals surface area contributed by atoms with E-state index in [1.807, 2.05) is 67.3 Å². The Morgan fingerprint density at radius 3 is 1.80 bits per heavy atom. The van der Waals surface area contributed by atoms with Crippen LogP contribution in [0.3, 0.4) is 0 Å². The first kappa shape index (κ1) is 20.8. The van der Waals surface area contributed by atoms with Crippen LogP contribution in [0.5, 0.6) is 11.5 Å². The van der Waals surface area contributed by atoms with Gasteiger partial charge in [0, 0.05) is 5.69 Å². The zero-order valence-corrected chi connectivity index (χ0v) is 18.2. The van der Waals surface area contributed by atoms with Crippen LogP contribution in [0.15, 0.2) is 58.3 Å². The molecular formula is C22H22NO5PS. The van der Waals surface area contributed by atoms with Gasteiger partial charge in [-0.25, -0.2) is 0 Å². The van der Waals surface area contributed by atoms with Crippen LogP contribution in [0.4, 0.5) is 17.1 Å². The van der Waals surface area contributed by atoms with Crippen LogP contribution in [0.2, 0.25) is 0 Å². The van der Waals surface area contributed by atoms with Crippen LogP contribution in [-0.2, 0) is 11.0 Å². The number of benzene rings is 3. The molecule has 0 amide bonds. The second-order valence-corrected chi connectivity index (χ2v) is 10.2. The Morgan fingerprint density at radius 1 is 0.833 bits per heavy atom. The molecule has 0 atom stereocenters. The van der Waals surface area contributed by atoms with Crippen LogP contribution < -0.4 is 4.90 Å². The van der Waals surface area contributed by atoms with Gasteiger partial charge in [0.1, 0.15) is 11.5 Å². The summed E-state index contributed by atoms with van der Waals surface area (Å²) in [5.74, 6) is 0.375. The molecule has 30 heavy (non-hydrogen) atoms. The van der Waals surface area contributed by atoms with Crippen LogP contribution in [-0.4, -0.2) is 26.2 Å². The van der Waals surface area contributed by atoms with Crippen molar-refractivity contribution in [3.8, 4) is 11.5 Å². The summed E-state index contributed by atoms with van der Waals surface area (Å²) in [6.45, 7) is 3.67. The SMILES string of the molecule is Cc1ccc2c(c1O)Sc1c(ccc(C)c1O)N2c1ccc(CCP(=O)(O)O)cc1. The van der Waals surface area contributed by atoms with E-state index in [0.717, 1.165) is 33.8 Å². The van der Waals surface area contributed by atoms with Crippen molar-refractivity contribution in [3.63, 3.8) is 0 Å². The molecule has 3 aromatic rings. The van der Waals surface area contributed by atoms with E-state index in [2.05, 4.69) is 0 Å². The molecule has 0 saturated carbocycles. The van der Waals surface area contributed by atoms with Crippen molar-refractivity contribution in [2.75, 3.05) is 11.1 Å². The third-order valence-electron chi connectivity index (χ3n) is 5.20. The van der Waals surface area contributed by atoms with Gasteiger partial charge >= 0.3 is 7.60 Å². The highest BCUT2D eigenvalue weighted by Crippen LogP contribution is 2.57. The molecule has 0 saturated heterocycles. The summed E-state index contributed by atoms with van der Waals surface area (Å²) in [7, 11) is -4.05. The summed E-state index contributed by atoms with van der Waals surface area (Å²) in [6.07, 6.45) is 0.0895. The van der Waals surface area contributed by atoms with Crippen molar-refractivity contribution >= 4 is 36.4 Å². The second-order valence-electron chi connectivity index (χ2n) is 7.40. The highest BCUT2D eigenvalue weighted by Gasteiger charge is 2.30. The fourth-order valence-corrected chi connectivity index (χ4v) is 5.26. The van der Waals surface area contributed by atoms with Gasteiger partial charge in [-0.15, -0.1) is 0 Å². The molecule has 1 aliphatic heterocycles. The highest BCUT2D eigenvalue weighted by atomic mass is 32.2. The number of hydrogen-bond acceptors (Lipinski definition) is 5. The van der Waals surface area contributed by atoms with Gasteiger partial charge in [-0.3, -0.25) is 4.57 Å². The van der Waals surface area contributed by atoms with Crippen LogP contribution >= 0.6 is 19.4 Å². The Labute approximate surface area is 179 Å². The summed E-state index contributed by atoms with van der Waals surface area (Å²) in [6, 6.07) is 15.0. The maximum absolute atomic E-state index is 11.1. The Balaban J connectivity index is 1.81. The molecule has 4 N–H and O–H groups in total. The lowest BCUT2D eigenvalue weighted by Crippen LogP contribution is -2.15. The summed E-state index contributed by atoms with van der Waals surface area (Å²) < 4.78 is 11.1. The summed E-state index contributed by atoms with van der Waals surface area (Å²) >= 11 is 1.35. The highest BCUT2D eigenvalue weighted by molar-refractivity contribution is 8.00. The molecule has 6 nitrogen and oxygen atoms in total. The van der Waals surface area contributed by atoms with Crippen LogP contribution in [0, 0.1) is 13.8 Å². The van der Waals surface area contributed by atoms with Crippen LogP contribution in [0.25, 0.3) is 0 Å². The maximum Gasteiger partial charge on any atom is 0.325 e. The second kappa shape index (κ2) is 7.67. The van der Waals surface area contributed by atoms with Gasteiger partial charge in [0.05, 0.1) is 27.3 Å². The minimum Gasteiger partial charge on any atom is -0.506 e. The lowest BCUT2D eigenvalue weighted by atomic mass is 10.1. The number of anilines is 3. The molecule has 0 fully saturated rings. The molecule has 156 valence electrons. The number of fused-ring (bicyclic) bond motifs is 2. The number of rotatable bonds is 4. The van der Waals surface area contributed by atoms with E-state index in [1.54, 1.807) is 0 Å². The third-order valence-corrected chi connectivity index (χ3v) is 7.22. The summed E-state index contributed by atoms with van der Waals surface area (Å²) in [5.41, 5.74) is 4.77. The molecule has 0 unspecified atom stereocenters. The molecule has 1 aliphatic rings. The van der Waals surface area contributed by atoms with Gasteiger partial charge in [-0.05, 0) is 61.2 Å². The number of phenols is 2. The average molecular weight is 443 g/mol. The molecule has 1 heterocycles. The van der Waals surface area contributed by atoms with E-state index in [4.69, 9.17) is 9.79 Å². The molecule has 0 bridgehead atoms. The number of aromatic hydroxyl groups is 2. The Bertz CT molecular complexity index is 1120. The van der Waals surface area contributed by atoms with Gasteiger partial charge in [0.25, 0.3) is 0 Å². The number of hydrogen-bond donors (Lipinski definition) is 4. The van der Waals surface area contributed by atoms with Crippen molar-refractivity contribution in [1.29, 1.82) is 0 Å². The van der Waals surface area contributed by atoms with E-state index in [9.17, 15) is 14.8 Å². The van der Waals surface area contributed by atoms with E-state index in [-0.39, 0.29) is 24.1 Å². The lowest BCUT2D eigenvalue weighted by Gasteiger charge is -2.34. The van der Waals surface area contributed by atoms with Gasteiger partial charge < -0.3 is 24.9 Å². The Morgan fingerprint density at radius 2 is 1.33 bits per heavy atom. The third kappa shape index (κ3) is 3.82. The first-order chi connectivity index (χ1) is 14.2. The maximum atomic E-state index is 11.1. The largest absolute Gasteiger partial charge is 0.506 e. The summed E-state index contributed by atoms with van der Waals surface area (Å²) in [4.78, 5) is 21.5. The first-order valence-corrected chi connectivity index (χ1v) is 12.0. The zero-order valence-electron chi connectivity index (χ0n) is 16.5. The molecule has 0 aliphatic carbocycles. The quantitative estimate of drug-likeness (QED) is 0.315. The van der Waals surface area contributed by atoms with Crippen molar-refractivity contribution in [1.82, 2.24) is 0 Å². The molecule has 8 heteroatoms. The smallest absolute Gasteiger partial charge is 0.325 e. The number of nitrogens with zero attached hydrogens (tertiary/aromatic N) is 1. The average Bonchev–Trinajstić information content (AvgIpc) is 2.71. The van der Waals surface area contributed by atoms with Gasteiger partial charge in [-0.2, -0.15) is 0 Å². The van der Waals surface area contributed by atoms with E-state index in [0.29, 0.717) is 9.79 Å². The molecule has 4 rings (SSSR count). The fraction of sp³-hybridized carbons (Fsp3) is 0.182. The van der Waals surface area contributed by atoms with Crippen molar-refractivity contribution in [2.45, 2.75) is 30.1 Å².